The van der Waals surface area contributed by atoms with E-state index in [0.29, 0.717) is 0 Å². The summed E-state index contributed by atoms with van der Waals surface area (Å²) in [5, 5.41) is 0.987. The van der Waals surface area contributed by atoms with Crippen LogP contribution in [-0.2, 0) is 9.05 Å². The van der Waals surface area contributed by atoms with Crippen molar-refractivity contribution < 1.29 is 9.05 Å². The molecule has 0 heterocycles. The lowest BCUT2D eigenvalue weighted by atomic mass is 10.4. The van der Waals surface area contributed by atoms with Crippen molar-refractivity contribution in [2.45, 2.75) is 37.8 Å². The first kappa shape index (κ1) is 15.2. The molecule has 0 saturated heterocycles. The molecule has 17 heavy (non-hydrogen) atoms. The Kier molecular flexibility index (Phi) is 7.41. The van der Waals surface area contributed by atoms with Gasteiger partial charge in [-0.25, -0.2) is 0 Å². The molecule has 0 aliphatic rings. The zero-order valence-corrected chi connectivity index (χ0v) is 12.4. The zero-order valence-electron chi connectivity index (χ0n) is 9.98. The lowest BCUT2D eigenvalue weighted by Gasteiger charge is -2.22. The molecule has 0 aromatic heterocycles. The van der Waals surface area contributed by atoms with Crippen LogP contribution in [-0.4, -0.2) is 11.1 Å². The van der Waals surface area contributed by atoms with Gasteiger partial charge in [0.15, 0.2) is 0 Å². The Morgan fingerprint density at radius 1 is 1.00 bits per heavy atom. The molecule has 0 aliphatic carbocycles. The Balaban J connectivity index is 2.72. The molecule has 0 amide bonds. The molecule has 0 bridgehead atoms. The summed E-state index contributed by atoms with van der Waals surface area (Å²) in [5.41, 5.74) is -0.691. The van der Waals surface area contributed by atoms with Crippen molar-refractivity contribution in [3.63, 3.8) is 0 Å². The topological polar surface area (TPSA) is 18.5 Å². The van der Waals surface area contributed by atoms with Gasteiger partial charge in [-0.05, 0) is 25.0 Å². The molecule has 0 saturated carbocycles. The first-order valence-electron chi connectivity index (χ1n) is 5.64. The van der Waals surface area contributed by atoms with Crippen LogP contribution in [0.3, 0.4) is 0 Å². The highest BCUT2D eigenvalue weighted by Gasteiger charge is 2.20. The summed E-state index contributed by atoms with van der Waals surface area (Å²) in [7, 11) is -1.21. The van der Waals surface area contributed by atoms with Crippen LogP contribution in [0.2, 0.25) is 0 Å². The molecule has 2 nitrogen and oxygen atoms in total. The molecule has 0 aliphatic heterocycles. The number of halogens is 2. The third kappa shape index (κ3) is 5.54. The Morgan fingerprint density at radius 3 is 1.88 bits per heavy atom. The predicted molar refractivity (Wildman–Crippen MR) is 75.0 cm³/mol. The minimum atomic E-state index is -1.21. The minimum absolute atomic E-state index is 0.345. The van der Waals surface area contributed by atoms with Crippen molar-refractivity contribution >= 4 is 36.9 Å². The van der Waals surface area contributed by atoms with E-state index in [-0.39, 0.29) is 11.1 Å². The Labute approximate surface area is 114 Å². The van der Waals surface area contributed by atoms with Crippen LogP contribution in [0.25, 0.3) is 0 Å². The van der Waals surface area contributed by atoms with Crippen molar-refractivity contribution in [1.29, 1.82) is 0 Å². The van der Waals surface area contributed by atoms with Crippen molar-refractivity contribution in [1.82, 2.24) is 0 Å². The van der Waals surface area contributed by atoms with Crippen molar-refractivity contribution in [3.05, 3.63) is 30.3 Å². The van der Waals surface area contributed by atoms with E-state index in [1.807, 2.05) is 44.2 Å². The fourth-order valence-corrected chi connectivity index (χ4v) is 2.91. The second-order valence-electron chi connectivity index (χ2n) is 3.44. The average Bonchev–Trinajstić information content (AvgIpc) is 2.38. The number of hydrogen-bond acceptors (Lipinski definition) is 2. The highest BCUT2D eigenvalue weighted by Crippen LogP contribution is 2.42. The third-order valence-corrected chi connectivity index (χ3v) is 4.68. The largest absolute Gasteiger partial charge is 0.311 e. The number of benzene rings is 1. The summed E-state index contributed by atoms with van der Waals surface area (Å²) in [6, 6.07) is 9.77. The first-order valence-corrected chi connectivity index (χ1v) is 7.69. The van der Waals surface area contributed by atoms with Crippen LogP contribution in [0.5, 0.6) is 0 Å². The third-order valence-electron chi connectivity index (χ3n) is 2.03. The van der Waals surface area contributed by atoms with E-state index in [1.165, 1.54) is 0 Å². The molecule has 0 N–H and O–H groups in total. The van der Waals surface area contributed by atoms with Gasteiger partial charge >= 0.3 is 0 Å². The van der Waals surface area contributed by atoms with Gasteiger partial charge in [-0.2, -0.15) is 0 Å². The van der Waals surface area contributed by atoms with Crippen LogP contribution in [0, 0.1) is 0 Å². The maximum Gasteiger partial charge on any atom is 0.208 e. The van der Waals surface area contributed by atoms with Crippen LogP contribution in [0.4, 0.5) is 0 Å². The van der Waals surface area contributed by atoms with Crippen molar-refractivity contribution in [3.8, 4) is 0 Å². The summed E-state index contributed by atoms with van der Waals surface area (Å²) >= 11 is 12.0. The number of hydrogen-bond donors (Lipinski definition) is 0. The number of alkyl halides is 2. The summed E-state index contributed by atoms with van der Waals surface area (Å²) in [5.74, 6) is 0. The van der Waals surface area contributed by atoms with E-state index >= 15 is 0 Å². The summed E-state index contributed by atoms with van der Waals surface area (Å²) in [4.78, 5) is 0. The fraction of sp³-hybridized carbons (Fsp3) is 0.500. The highest BCUT2D eigenvalue weighted by atomic mass is 35.5. The molecule has 1 aromatic rings. The van der Waals surface area contributed by atoms with Gasteiger partial charge in [0.05, 0.1) is 0 Å². The summed E-state index contributed by atoms with van der Waals surface area (Å²) in [6.45, 7) is 3.93. The molecule has 5 heteroatoms. The second-order valence-corrected chi connectivity index (χ2v) is 5.87. The standard InChI is InChI=1S/C12H17Cl2O2P/c1-3-11(13)15-17(16-12(14)4-2)10-8-6-5-7-9-10/h5-9,11-12H,3-4H2,1-2H3. The van der Waals surface area contributed by atoms with Gasteiger partial charge in [0.2, 0.25) is 8.38 Å². The first-order chi connectivity index (χ1) is 8.17. The van der Waals surface area contributed by atoms with Gasteiger partial charge in [0.25, 0.3) is 0 Å². The fourth-order valence-electron chi connectivity index (χ4n) is 1.05. The van der Waals surface area contributed by atoms with Crippen molar-refractivity contribution in [2.75, 3.05) is 0 Å². The SMILES string of the molecule is CCC(Cl)OP(OC(Cl)CC)c1ccccc1. The van der Waals surface area contributed by atoms with E-state index in [0.717, 1.165) is 18.1 Å². The monoisotopic (exact) mass is 294 g/mol. The zero-order chi connectivity index (χ0) is 12.7. The Bertz CT molecular complexity index is 299. The Morgan fingerprint density at radius 2 is 1.47 bits per heavy atom. The van der Waals surface area contributed by atoms with E-state index in [4.69, 9.17) is 32.2 Å². The quantitative estimate of drug-likeness (QED) is 0.540. The van der Waals surface area contributed by atoms with Gasteiger partial charge in [-0.1, -0.05) is 55.2 Å². The molecule has 0 spiro atoms. The molecule has 1 aromatic carbocycles. The van der Waals surface area contributed by atoms with Gasteiger partial charge in [-0.3, -0.25) is 0 Å². The van der Waals surface area contributed by atoms with Crippen LogP contribution in [0.1, 0.15) is 26.7 Å². The highest BCUT2D eigenvalue weighted by molar-refractivity contribution is 7.56. The molecule has 1 rings (SSSR count). The lowest BCUT2D eigenvalue weighted by molar-refractivity contribution is 0.217. The van der Waals surface area contributed by atoms with E-state index in [2.05, 4.69) is 0 Å². The van der Waals surface area contributed by atoms with E-state index in [1.54, 1.807) is 0 Å². The Hall–Kier alpha value is 0.150. The molecule has 96 valence electrons. The van der Waals surface area contributed by atoms with Crippen LogP contribution >= 0.6 is 31.6 Å². The van der Waals surface area contributed by atoms with Gasteiger partial charge in [-0.15, -0.1) is 0 Å². The molecular weight excluding hydrogens is 278 g/mol. The van der Waals surface area contributed by atoms with Gasteiger partial charge in [0, 0.05) is 5.30 Å². The average molecular weight is 295 g/mol. The van der Waals surface area contributed by atoms with Crippen LogP contribution < -0.4 is 5.30 Å². The minimum Gasteiger partial charge on any atom is -0.311 e. The van der Waals surface area contributed by atoms with Gasteiger partial charge < -0.3 is 9.05 Å². The maximum atomic E-state index is 6.01. The predicted octanol–water partition coefficient (Wildman–Crippen LogP) is 4.61. The van der Waals surface area contributed by atoms with Crippen LogP contribution in [0.15, 0.2) is 30.3 Å². The van der Waals surface area contributed by atoms with Crippen molar-refractivity contribution in [2.24, 2.45) is 0 Å². The normalized spacial score (nSPS) is 16.5. The summed E-state index contributed by atoms with van der Waals surface area (Å²) in [6.07, 6.45) is 1.46. The molecular formula is C12H17Cl2O2P. The molecule has 0 radical (unpaired) electrons. The maximum absolute atomic E-state index is 6.01. The second kappa shape index (κ2) is 8.29. The molecule has 2 unspecified atom stereocenters. The lowest BCUT2D eigenvalue weighted by Crippen LogP contribution is -2.13. The smallest absolute Gasteiger partial charge is 0.208 e. The van der Waals surface area contributed by atoms with E-state index < -0.39 is 8.38 Å². The number of rotatable bonds is 7. The molecule has 2 atom stereocenters. The molecule has 0 fully saturated rings. The van der Waals surface area contributed by atoms with Gasteiger partial charge in [0.1, 0.15) is 11.1 Å². The van der Waals surface area contributed by atoms with E-state index in [9.17, 15) is 0 Å². The summed E-state index contributed by atoms with van der Waals surface area (Å²) < 4.78 is 11.4.